The normalized spacial score (nSPS) is 18.5. The first-order chi connectivity index (χ1) is 9.19. The van der Waals surface area contributed by atoms with Gasteiger partial charge in [-0.05, 0) is 73.9 Å². The van der Waals surface area contributed by atoms with Gasteiger partial charge in [0.05, 0.1) is 0 Å². The molecule has 1 aromatic carbocycles. The summed E-state index contributed by atoms with van der Waals surface area (Å²) in [6, 6.07) is 5.38. The van der Waals surface area contributed by atoms with E-state index >= 15 is 0 Å². The number of benzene rings is 1. The SMILES string of the molecule is CNC(Cc1cc(F)ccc1Br)CC1CCSCC1. The molecule has 1 nitrogen and oxygen atoms in total. The molecule has 0 aliphatic carbocycles. The van der Waals surface area contributed by atoms with Gasteiger partial charge >= 0.3 is 0 Å². The minimum absolute atomic E-state index is 0.151. The Morgan fingerprint density at radius 3 is 2.84 bits per heavy atom. The molecule has 1 atom stereocenters. The van der Waals surface area contributed by atoms with Crippen molar-refractivity contribution in [1.82, 2.24) is 5.32 Å². The summed E-state index contributed by atoms with van der Waals surface area (Å²) in [7, 11) is 2.01. The van der Waals surface area contributed by atoms with Crippen LogP contribution in [0.4, 0.5) is 4.39 Å². The monoisotopic (exact) mass is 345 g/mol. The van der Waals surface area contributed by atoms with E-state index in [4.69, 9.17) is 0 Å². The Morgan fingerprint density at radius 1 is 1.42 bits per heavy atom. The average molecular weight is 346 g/mol. The highest BCUT2D eigenvalue weighted by atomic mass is 79.9. The van der Waals surface area contributed by atoms with Crippen molar-refractivity contribution in [2.75, 3.05) is 18.6 Å². The summed E-state index contributed by atoms with van der Waals surface area (Å²) in [5, 5.41) is 3.39. The Hall–Kier alpha value is -0.0600. The molecule has 0 amide bonds. The number of likely N-dealkylation sites (N-methyl/N-ethyl adjacent to an activating group) is 1. The first kappa shape index (κ1) is 15.3. The molecule has 1 unspecified atom stereocenters. The molecule has 0 radical (unpaired) electrons. The Labute approximate surface area is 127 Å². The van der Waals surface area contributed by atoms with E-state index in [0.29, 0.717) is 6.04 Å². The number of halogens is 2. The maximum Gasteiger partial charge on any atom is 0.123 e. The first-order valence-electron chi connectivity index (χ1n) is 6.88. The number of hydrogen-bond acceptors (Lipinski definition) is 2. The van der Waals surface area contributed by atoms with Crippen LogP contribution in [0.1, 0.15) is 24.8 Å². The van der Waals surface area contributed by atoms with Gasteiger partial charge < -0.3 is 5.32 Å². The molecule has 4 heteroatoms. The van der Waals surface area contributed by atoms with Gasteiger partial charge in [-0.2, -0.15) is 11.8 Å². The van der Waals surface area contributed by atoms with E-state index in [-0.39, 0.29) is 5.82 Å². The molecule has 106 valence electrons. The van der Waals surface area contributed by atoms with E-state index in [2.05, 4.69) is 33.0 Å². The molecule has 1 aliphatic rings. The average Bonchev–Trinajstić information content (AvgIpc) is 2.43. The standard InChI is InChI=1S/C15H21BrFNS/c1-18-14(8-11-4-6-19-7-5-11)10-12-9-13(17)2-3-15(12)16/h2-3,9,11,14,18H,4-8,10H2,1H3. The van der Waals surface area contributed by atoms with Gasteiger partial charge in [0.15, 0.2) is 0 Å². The Kier molecular flexibility index (Phi) is 6.17. The lowest BCUT2D eigenvalue weighted by Crippen LogP contribution is -2.31. The predicted molar refractivity (Wildman–Crippen MR) is 85.3 cm³/mol. The van der Waals surface area contributed by atoms with Crippen LogP contribution in [0.2, 0.25) is 0 Å². The van der Waals surface area contributed by atoms with E-state index in [1.54, 1.807) is 12.1 Å². The second-order valence-corrected chi connectivity index (χ2v) is 7.30. The van der Waals surface area contributed by atoms with Gasteiger partial charge in [0.25, 0.3) is 0 Å². The van der Waals surface area contributed by atoms with Gasteiger partial charge in [-0.25, -0.2) is 4.39 Å². The van der Waals surface area contributed by atoms with Crippen LogP contribution in [-0.2, 0) is 6.42 Å². The second-order valence-electron chi connectivity index (χ2n) is 5.22. The predicted octanol–water partition coefficient (Wildman–Crippen LogP) is 4.25. The van der Waals surface area contributed by atoms with E-state index in [1.165, 1.54) is 36.8 Å². The summed E-state index contributed by atoms with van der Waals surface area (Å²) >= 11 is 5.58. The summed E-state index contributed by atoms with van der Waals surface area (Å²) in [6.07, 6.45) is 4.73. The molecule has 1 heterocycles. The molecule has 1 aliphatic heterocycles. The van der Waals surface area contributed by atoms with Crippen LogP contribution >= 0.6 is 27.7 Å². The maximum atomic E-state index is 13.3. The summed E-state index contributed by atoms with van der Waals surface area (Å²) in [4.78, 5) is 0. The largest absolute Gasteiger partial charge is 0.317 e. The fourth-order valence-electron chi connectivity index (χ4n) is 2.65. The van der Waals surface area contributed by atoms with Crippen molar-refractivity contribution in [2.45, 2.75) is 31.7 Å². The van der Waals surface area contributed by atoms with Crippen LogP contribution in [-0.4, -0.2) is 24.6 Å². The number of nitrogens with one attached hydrogen (secondary N) is 1. The maximum absolute atomic E-state index is 13.3. The zero-order chi connectivity index (χ0) is 13.7. The third kappa shape index (κ3) is 4.76. The first-order valence-corrected chi connectivity index (χ1v) is 8.82. The minimum Gasteiger partial charge on any atom is -0.317 e. The lowest BCUT2D eigenvalue weighted by atomic mass is 9.91. The fourth-order valence-corrected chi connectivity index (χ4v) is 4.27. The van der Waals surface area contributed by atoms with Gasteiger partial charge in [0, 0.05) is 10.5 Å². The van der Waals surface area contributed by atoms with Gasteiger partial charge in [0.2, 0.25) is 0 Å². The number of hydrogen-bond donors (Lipinski definition) is 1. The Bertz CT molecular complexity index is 407. The number of rotatable bonds is 5. The van der Waals surface area contributed by atoms with E-state index in [1.807, 2.05) is 7.05 Å². The van der Waals surface area contributed by atoms with Crippen molar-refractivity contribution in [2.24, 2.45) is 5.92 Å². The van der Waals surface area contributed by atoms with Crippen molar-refractivity contribution < 1.29 is 4.39 Å². The third-order valence-electron chi connectivity index (χ3n) is 3.84. The second kappa shape index (κ2) is 7.65. The van der Waals surface area contributed by atoms with Gasteiger partial charge in [-0.15, -0.1) is 0 Å². The smallest absolute Gasteiger partial charge is 0.123 e. The zero-order valence-corrected chi connectivity index (χ0v) is 13.7. The summed E-state index contributed by atoms with van der Waals surface area (Å²) in [6.45, 7) is 0. The van der Waals surface area contributed by atoms with E-state index in [0.717, 1.165) is 22.4 Å². The van der Waals surface area contributed by atoms with E-state index < -0.39 is 0 Å². The molecular formula is C15H21BrFNS. The molecule has 1 fully saturated rings. The van der Waals surface area contributed by atoms with Crippen molar-refractivity contribution in [3.63, 3.8) is 0 Å². The lowest BCUT2D eigenvalue weighted by molar-refractivity contribution is 0.375. The van der Waals surface area contributed by atoms with Crippen LogP contribution < -0.4 is 5.32 Å². The Morgan fingerprint density at radius 2 is 2.16 bits per heavy atom. The highest BCUT2D eigenvalue weighted by molar-refractivity contribution is 9.10. The molecule has 0 bridgehead atoms. The lowest BCUT2D eigenvalue weighted by Gasteiger charge is -2.26. The van der Waals surface area contributed by atoms with E-state index in [9.17, 15) is 4.39 Å². The number of thioether (sulfide) groups is 1. The highest BCUT2D eigenvalue weighted by Gasteiger charge is 2.19. The van der Waals surface area contributed by atoms with Crippen LogP contribution in [0.5, 0.6) is 0 Å². The van der Waals surface area contributed by atoms with Crippen LogP contribution in [0.15, 0.2) is 22.7 Å². The molecule has 0 aromatic heterocycles. The molecule has 0 spiro atoms. The molecule has 1 N–H and O–H groups in total. The highest BCUT2D eigenvalue weighted by Crippen LogP contribution is 2.28. The minimum atomic E-state index is -0.151. The Balaban J connectivity index is 1.95. The molecule has 1 aromatic rings. The van der Waals surface area contributed by atoms with Gasteiger partial charge in [-0.3, -0.25) is 0 Å². The van der Waals surface area contributed by atoms with Crippen LogP contribution in [0, 0.1) is 11.7 Å². The van der Waals surface area contributed by atoms with Crippen molar-refractivity contribution >= 4 is 27.7 Å². The third-order valence-corrected chi connectivity index (χ3v) is 5.66. The molecule has 2 rings (SSSR count). The molecule has 0 saturated carbocycles. The fraction of sp³-hybridized carbons (Fsp3) is 0.600. The summed E-state index contributed by atoms with van der Waals surface area (Å²) in [5.41, 5.74) is 1.06. The summed E-state index contributed by atoms with van der Waals surface area (Å²) in [5.74, 6) is 3.27. The van der Waals surface area contributed by atoms with Gasteiger partial charge in [0.1, 0.15) is 5.82 Å². The quantitative estimate of drug-likeness (QED) is 0.855. The molecule has 1 saturated heterocycles. The molecular weight excluding hydrogens is 325 g/mol. The van der Waals surface area contributed by atoms with Crippen molar-refractivity contribution in [1.29, 1.82) is 0 Å². The summed E-state index contributed by atoms with van der Waals surface area (Å²) < 4.78 is 14.3. The van der Waals surface area contributed by atoms with Gasteiger partial charge in [-0.1, -0.05) is 15.9 Å². The topological polar surface area (TPSA) is 12.0 Å². The molecule has 19 heavy (non-hydrogen) atoms. The van der Waals surface area contributed by atoms with Crippen LogP contribution in [0.25, 0.3) is 0 Å². The zero-order valence-electron chi connectivity index (χ0n) is 11.3. The van der Waals surface area contributed by atoms with Crippen molar-refractivity contribution in [3.8, 4) is 0 Å². The van der Waals surface area contributed by atoms with Crippen LogP contribution in [0.3, 0.4) is 0 Å². The van der Waals surface area contributed by atoms with Crippen molar-refractivity contribution in [3.05, 3.63) is 34.1 Å².